The van der Waals surface area contributed by atoms with Crippen LogP contribution in [0.3, 0.4) is 0 Å². The highest BCUT2D eigenvalue weighted by Gasteiger charge is 2.36. The number of aliphatic hydroxyl groups is 1. The Morgan fingerprint density at radius 1 is 1.50 bits per heavy atom. The van der Waals surface area contributed by atoms with E-state index in [9.17, 15) is 9.90 Å². The van der Waals surface area contributed by atoms with Crippen molar-refractivity contribution in [2.45, 2.75) is 38.2 Å². The molecule has 1 aliphatic rings. The number of carbonyl (C=O) groups is 1. The van der Waals surface area contributed by atoms with E-state index in [-0.39, 0.29) is 5.78 Å². The second-order valence-electron chi connectivity index (χ2n) is 3.99. The average Bonchev–Trinajstić information content (AvgIpc) is 2.58. The van der Waals surface area contributed by atoms with Crippen molar-refractivity contribution >= 4 is 5.78 Å². The summed E-state index contributed by atoms with van der Waals surface area (Å²) in [5, 5.41) is 10.2. The first-order chi connectivity index (χ1) is 6.60. The molecule has 0 amide bonds. The summed E-state index contributed by atoms with van der Waals surface area (Å²) in [4.78, 5) is 18.2. The molecule has 0 aromatic carbocycles. The predicted octanol–water partition coefficient (Wildman–Crippen LogP) is 1.05. The number of ketones is 1. The number of nitrogens with zero attached hydrogens (tertiary/aromatic N) is 1. The lowest BCUT2D eigenvalue weighted by atomic mass is 9.84. The molecule has 1 fully saturated rings. The molecule has 2 N–H and O–H groups in total. The van der Waals surface area contributed by atoms with Gasteiger partial charge in [-0.2, -0.15) is 0 Å². The van der Waals surface area contributed by atoms with Crippen LogP contribution in [-0.4, -0.2) is 20.9 Å². The summed E-state index contributed by atoms with van der Waals surface area (Å²) in [7, 11) is 0. The lowest BCUT2D eigenvalue weighted by Gasteiger charge is -2.29. The van der Waals surface area contributed by atoms with Crippen LogP contribution in [0.4, 0.5) is 0 Å². The van der Waals surface area contributed by atoms with Gasteiger partial charge in [0.2, 0.25) is 0 Å². The second kappa shape index (κ2) is 3.20. The standard InChI is InChI=1S/C10H14N2O2/c1-7-6-11-9(12-7)10(14)4-2-8(13)3-5-10/h6,14H,2-5H2,1H3,(H,11,12). The van der Waals surface area contributed by atoms with Gasteiger partial charge in [-0.15, -0.1) is 0 Å². The molecule has 14 heavy (non-hydrogen) atoms. The Kier molecular flexibility index (Phi) is 2.15. The van der Waals surface area contributed by atoms with E-state index in [0.29, 0.717) is 31.5 Å². The van der Waals surface area contributed by atoms with Crippen LogP contribution in [0.25, 0.3) is 0 Å². The van der Waals surface area contributed by atoms with Gasteiger partial charge >= 0.3 is 0 Å². The lowest BCUT2D eigenvalue weighted by molar-refractivity contribution is -0.126. The predicted molar refractivity (Wildman–Crippen MR) is 50.7 cm³/mol. The molecule has 1 saturated carbocycles. The van der Waals surface area contributed by atoms with Crippen molar-refractivity contribution in [3.8, 4) is 0 Å². The molecule has 4 heteroatoms. The van der Waals surface area contributed by atoms with Crippen molar-refractivity contribution in [1.29, 1.82) is 0 Å². The first-order valence-corrected chi connectivity index (χ1v) is 4.86. The van der Waals surface area contributed by atoms with E-state index in [1.54, 1.807) is 6.20 Å². The minimum atomic E-state index is -0.915. The van der Waals surface area contributed by atoms with Gasteiger partial charge in [-0.05, 0) is 19.8 Å². The van der Waals surface area contributed by atoms with Crippen molar-refractivity contribution in [1.82, 2.24) is 9.97 Å². The van der Waals surface area contributed by atoms with Crippen LogP contribution in [0.5, 0.6) is 0 Å². The summed E-state index contributed by atoms with van der Waals surface area (Å²) < 4.78 is 0. The van der Waals surface area contributed by atoms with Crippen molar-refractivity contribution in [3.05, 3.63) is 17.7 Å². The molecule has 0 atom stereocenters. The fraction of sp³-hybridized carbons (Fsp3) is 0.600. The SMILES string of the molecule is Cc1cnc(C2(O)CCC(=O)CC2)[nH]1. The van der Waals surface area contributed by atoms with Gasteiger partial charge in [-0.3, -0.25) is 4.79 Å². The maximum atomic E-state index is 11.0. The molecule has 0 radical (unpaired) electrons. The number of nitrogens with one attached hydrogen (secondary N) is 1. The number of aromatic amines is 1. The van der Waals surface area contributed by atoms with E-state index in [1.807, 2.05) is 6.92 Å². The number of Topliss-reactive ketones (excluding diaryl/α,β-unsaturated/α-hetero) is 1. The Hall–Kier alpha value is -1.16. The highest BCUT2D eigenvalue weighted by atomic mass is 16.3. The molecule has 4 nitrogen and oxygen atoms in total. The van der Waals surface area contributed by atoms with Crippen molar-refractivity contribution < 1.29 is 9.90 Å². The minimum Gasteiger partial charge on any atom is -0.382 e. The Labute approximate surface area is 82.4 Å². The molecular weight excluding hydrogens is 180 g/mol. The van der Waals surface area contributed by atoms with E-state index in [2.05, 4.69) is 9.97 Å². The average molecular weight is 194 g/mol. The van der Waals surface area contributed by atoms with E-state index in [1.165, 1.54) is 0 Å². The van der Waals surface area contributed by atoms with Gasteiger partial charge in [-0.25, -0.2) is 4.98 Å². The normalized spacial score (nSPS) is 21.1. The van der Waals surface area contributed by atoms with Crippen LogP contribution in [0.2, 0.25) is 0 Å². The largest absolute Gasteiger partial charge is 0.382 e. The zero-order chi connectivity index (χ0) is 10.2. The third kappa shape index (κ3) is 1.57. The van der Waals surface area contributed by atoms with E-state index in [0.717, 1.165) is 5.69 Å². The molecule has 0 unspecified atom stereocenters. The van der Waals surface area contributed by atoms with Crippen LogP contribution in [0.1, 0.15) is 37.2 Å². The Bertz CT molecular complexity index is 347. The zero-order valence-corrected chi connectivity index (χ0v) is 8.21. The van der Waals surface area contributed by atoms with Crippen LogP contribution in [0, 0.1) is 6.92 Å². The highest BCUT2D eigenvalue weighted by Crippen LogP contribution is 2.33. The molecule has 76 valence electrons. The summed E-state index contributed by atoms with van der Waals surface area (Å²) in [5.74, 6) is 0.834. The number of rotatable bonds is 1. The van der Waals surface area contributed by atoms with Gasteiger partial charge in [-0.1, -0.05) is 0 Å². The molecule has 1 aromatic heterocycles. The molecular formula is C10H14N2O2. The van der Waals surface area contributed by atoms with Gasteiger partial charge in [0.1, 0.15) is 17.2 Å². The number of aryl methyl sites for hydroxylation is 1. The molecule has 1 heterocycles. The van der Waals surface area contributed by atoms with Crippen LogP contribution in [0.15, 0.2) is 6.20 Å². The maximum Gasteiger partial charge on any atom is 0.138 e. The highest BCUT2D eigenvalue weighted by molar-refractivity contribution is 5.79. The third-order valence-electron chi connectivity index (χ3n) is 2.78. The van der Waals surface area contributed by atoms with Crippen LogP contribution >= 0.6 is 0 Å². The molecule has 1 aromatic rings. The van der Waals surface area contributed by atoms with Gasteiger partial charge in [0.15, 0.2) is 0 Å². The van der Waals surface area contributed by atoms with E-state index >= 15 is 0 Å². The summed E-state index contributed by atoms with van der Waals surface area (Å²) >= 11 is 0. The molecule has 0 bridgehead atoms. The number of hydrogen-bond donors (Lipinski definition) is 2. The molecule has 1 aliphatic carbocycles. The fourth-order valence-electron chi connectivity index (χ4n) is 1.83. The topological polar surface area (TPSA) is 66.0 Å². The molecule has 0 spiro atoms. The summed E-state index contributed by atoms with van der Waals surface area (Å²) in [6, 6.07) is 0. The first kappa shape index (κ1) is 9.40. The van der Waals surface area contributed by atoms with Gasteiger partial charge < -0.3 is 10.1 Å². The summed E-state index contributed by atoms with van der Waals surface area (Å²) in [5.41, 5.74) is 0.0210. The maximum absolute atomic E-state index is 11.0. The molecule has 0 saturated heterocycles. The second-order valence-corrected chi connectivity index (χ2v) is 3.99. The number of carbonyl (C=O) groups excluding carboxylic acids is 1. The minimum absolute atomic E-state index is 0.234. The molecule has 2 rings (SSSR count). The number of hydrogen-bond acceptors (Lipinski definition) is 3. The number of imidazole rings is 1. The zero-order valence-electron chi connectivity index (χ0n) is 8.21. The van der Waals surface area contributed by atoms with E-state index < -0.39 is 5.60 Å². The summed E-state index contributed by atoms with van der Waals surface area (Å²) in [6.07, 6.45) is 3.58. The Balaban J connectivity index is 2.20. The first-order valence-electron chi connectivity index (χ1n) is 4.86. The van der Waals surface area contributed by atoms with Crippen LogP contribution < -0.4 is 0 Å². The Morgan fingerprint density at radius 3 is 2.64 bits per heavy atom. The van der Waals surface area contributed by atoms with Crippen molar-refractivity contribution in [3.63, 3.8) is 0 Å². The van der Waals surface area contributed by atoms with Crippen molar-refractivity contribution in [2.24, 2.45) is 0 Å². The number of H-pyrrole nitrogens is 1. The van der Waals surface area contributed by atoms with E-state index in [4.69, 9.17) is 0 Å². The number of aromatic nitrogens is 2. The summed E-state index contributed by atoms with van der Waals surface area (Å²) in [6.45, 7) is 1.90. The fourth-order valence-corrected chi connectivity index (χ4v) is 1.83. The smallest absolute Gasteiger partial charge is 0.138 e. The third-order valence-corrected chi connectivity index (χ3v) is 2.78. The Morgan fingerprint density at radius 2 is 2.14 bits per heavy atom. The lowest BCUT2D eigenvalue weighted by Crippen LogP contribution is -2.32. The van der Waals surface area contributed by atoms with Gasteiger partial charge in [0, 0.05) is 24.7 Å². The van der Waals surface area contributed by atoms with Gasteiger partial charge in [0.05, 0.1) is 0 Å². The quantitative estimate of drug-likeness (QED) is 0.702. The molecule has 0 aliphatic heterocycles. The van der Waals surface area contributed by atoms with Crippen LogP contribution in [-0.2, 0) is 10.4 Å². The monoisotopic (exact) mass is 194 g/mol. The van der Waals surface area contributed by atoms with Crippen molar-refractivity contribution in [2.75, 3.05) is 0 Å². The van der Waals surface area contributed by atoms with Gasteiger partial charge in [0.25, 0.3) is 0 Å².